The first-order valence-electron chi connectivity index (χ1n) is 9.33. The van der Waals surface area contributed by atoms with E-state index >= 15 is 0 Å². The van der Waals surface area contributed by atoms with Crippen LogP contribution in [0, 0.1) is 6.92 Å². The van der Waals surface area contributed by atoms with Gasteiger partial charge < -0.3 is 10.4 Å². The summed E-state index contributed by atoms with van der Waals surface area (Å²) in [5.74, 6) is -1.31. The average molecular weight is 460 g/mol. The second kappa shape index (κ2) is 9.27. The number of benzene rings is 2. The number of carbonyl (C=O) groups excluding carboxylic acids is 1. The van der Waals surface area contributed by atoms with Crippen molar-refractivity contribution < 1.29 is 23.1 Å². The van der Waals surface area contributed by atoms with Crippen LogP contribution in [0.2, 0.25) is 0 Å². The lowest BCUT2D eigenvalue weighted by Crippen LogP contribution is -2.13. The highest BCUT2D eigenvalue weighted by molar-refractivity contribution is 7.94. The lowest BCUT2D eigenvalue weighted by Gasteiger charge is -2.10. The molecule has 0 saturated heterocycles. The number of carboxylic acid groups (broad SMARTS) is 1. The van der Waals surface area contributed by atoms with Gasteiger partial charge in [-0.2, -0.15) is 0 Å². The maximum atomic E-state index is 12.8. The van der Waals surface area contributed by atoms with Gasteiger partial charge in [0.15, 0.2) is 9.34 Å². The topological polar surface area (TPSA) is 125 Å². The Bertz CT molecular complexity index is 1240. The summed E-state index contributed by atoms with van der Waals surface area (Å²) in [6.45, 7) is 2.89. The van der Waals surface area contributed by atoms with E-state index < -0.39 is 16.0 Å². The molecule has 2 aromatic carbocycles. The van der Waals surface area contributed by atoms with Crippen LogP contribution in [0.5, 0.6) is 0 Å². The van der Waals surface area contributed by atoms with Crippen molar-refractivity contribution in [1.29, 1.82) is 0 Å². The van der Waals surface area contributed by atoms with Gasteiger partial charge in [0.1, 0.15) is 0 Å². The van der Waals surface area contributed by atoms with E-state index in [1.165, 1.54) is 6.92 Å². The second-order valence-corrected chi connectivity index (χ2v) is 9.72. The lowest BCUT2D eigenvalue weighted by molar-refractivity contribution is -0.114. The number of aryl methyl sites for hydroxylation is 3. The summed E-state index contributed by atoms with van der Waals surface area (Å²) in [6.07, 6.45) is 1.05. The van der Waals surface area contributed by atoms with Gasteiger partial charge >= 0.3 is 5.97 Å². The number of hydrogen-bond acceptors (Lipinski definition) is 6. The summed E-state index contributed by atoms with van der Waals surface area (Å²) in [5, 5.41) is 12.0. The summed E-state index contributed by atoms with van der Waals surface area (Å²) in [4.78, 5) is 26.6. The lowest BCUT2D eigenvalue weighted by atomic mass is 10.00. The minimum atomic E-state index is -3.88. The number of nitrogens with one attached hydrogen (secondary N) is 2. The molecule has 0 unspecified atom stereocenters. The molecule has 3 rings (SSSR count). The van der Waals surface area contributed by atoms with Crippen LogP contribution in [-0.2, 0) is 27.7 Å². The molecule has 162 valence electrons. The Hall–Kier alpha value is -3.24. The van der Waals surface area contributed by atoms with Crippen LogP contribution < -0.4 is 10.0 Å². The van der Waals surface area contributed by atoms with E-state index in [-0.39, 0.29) is 20.8 Å². The van der Waals surface area contributed by atoms with Crippen LogP contribution in [0.25, 0.3) is 0 Å². The number of hydrogen-bond donors (Lipinski definition) is 3. The zero-order valence-corrected chi connectivity index (χ0v) is 18.5. The van der Waals surface area contributed by atoms with Gasteiger partial charge in [-0.05, 0) is 49.1 Å². The molecule has 0 radical (unpaired) electrons. The van der Waals surface area contributed by atoms with Gasteiger partial charge in [-0.1, -0.05) is 41.7 Å². The van der Waals surface area contributed by atoms with Crippen LogP contribution in [0.15, 0.2) is 52.7 Å². The van der Waals surface area contributed by atoms with Gasteiger partial charge in [0.25, 0.3) is 10.0 Å². The standard InChI is InChI=1S/C21H21N3O5S2/c1-13-20(30-21(22-13)23-14(2)25)31(28,29)24-17-8-5-6-15(12-17)10-11-16-7-3-4-9-18(16)19(26)27/h3-9,12,24H,10-11H2,1-2H3,(H,26,27)(H,22,23,25). The zero-order chi connectivity index (χ0) is 22.6. The van der Waals surface area contributed by atoms with Crippen molar-refractivity contribution in [3.05, 3.63) is 70.9 Å². The van der Waals surface area contributed by atoms with Crippen molar-refractivity contribution in [3.8, 4) is 0 Å². The highest BCUT2D eigenvalue weighted by Gasteiger charge is 2.22. The number of sulfonamides is 1. The quantitative estimate of drug-likeness (QED) is 0.472. The molecular weight excluding hydrogens is 438 g/mol. The minimum absolute atomic E-state index is 0.0250. The number of aromatic carboxylic acids is 1. The van der Waals surface area contributed by atoms with Crippen molar-refractivity contribution in [3.63, 3.8) is 0 Å². The Morgan fingerprint density at radius 1 is 1.10 bits per heavy atom. The van der Waals surface area contributed by atoms with Crippen molar-refractivity contribution in [2.75, 3.05) is 10.0 Å². The van der Waals surface area contributed by atoms with Crippen molar-refractivity contribution >= 4 is 44.1 Å². The van der Waals surface area contributed by atoms with E-state index in [2.05, 4.69) is 15.0 Å². The summed E-state index contributed by atoms with van der Waals surface area (Å²) in [7, 11) is -3.88. The van der Waals surface area contributed by atoms with Crippen LogP contribution in [0.4, 0.5) is 10.8 Å². The molecule has 3 N–H and O–H groups in total. The molecule has 0 bridgehead atoms. The van der Waals surface area contributed by atoms with E-state index in [9.17, 15) is 23.1 Å². The number of aromatic nitrogens is 1. The number of thiazole rings is 1. The fraction of sp³-hybridized carbons (Fsp3) is 0.190. The molecule has 0 fully saturated rings. The Balaban J connectivity index is 1.75. The third-order valence-electron chi connectivity index (χ3n) is 4.39. The van der Waals surface area contributed by atoms with E-state index in [0.29, 0.717) is 29.8 Å². The maximum absolute atomic E-state index is 12.8. The smallest absolute Gasteiger partial charge is 0.335 e. The molecular formula is C21H21N3O5S2. The molecule has 0 saturated carbocycles. The fourth-order valence-corrected chi connectivity index (χ4v) is 5.57. The second-order valence-electron chi connectivity index (χ2n) is 6.84. The van der Waals surface area contributed by atoms with Gasteiger partial charge in [0.2, 0.25) is 5.91 Å². The fourth-order valence-electron chi connectivity index (χ4n) is 3.05. The summed E-state index contributed by atoms with van der Waals surface area (Å²) in [5.41, 5.74) is 2.52. The number of carbonyl (C=O) groups is 2. The van der Waals surface area contributed by atoms with Gasteiger partial charge in [0, 0.05) is 12.6 Å². The first-order chi connectivity index (χ1) is 14.7. The Morgan fingerprint density at radius 3 is 2.55 bits per heavy atom. The number of nitrogens with zero attached hydrogens (tertiary/aromatic N) is 1. The highest BCUT2D eigenvalue weighted by atomic mass is 32.2. The van der Waals surface area contributed by atoms with Crippen LogP contribution in [0.1, 0.15) is 34.1 Å². The van der Waals surface area contributed by atoms with E-state index in [1.54, 1.807) is 49.4 Å². The number of rotatable bonds is 8. The molecule has 8 nitrogen and oxygen atoms in total. The molecule has 0 spiro atoms. The van der Waals surface area contributed by atoms with Crippen LogP contribution in [-0.4, -0.2) is 30.4 Å². The molecule has 31 heavy (non-hydrogen) atoms. The monoisotopic (exact) mass is 459 g/mol. The van der Waals surface area contributed by atoms with Gasteiger partial charge in [0.05, 0.1) is 11.3 Å². The van der Waals surface area contributed by atoms with Gasteiger partial charge in [-0.3, -0.25) is 9.52 Å². The minimum Gasteiger partial charge on any atom is -0.478 e. The predicted molar refractivity (Wildman–Crippen MR) is 119 cm³/mol. The molecule has 10 heteroatoms. The van der Waals surface area contributed by atoms with Gasteiger partial charge in [-0.15, -0.1) is 0 Å². The van der Waals surface area contributed by atoms with Crippen molar-refractivity contribution in [2.24, 2.45) is 0 Å². The van der Waals surface area contributed by atoms with E-state index in [1.807, 2.05) is 6.07 Å². The molecule has 1 aromatic heterocycles. The summed E-state index contributed by atoms with van der Waals surface area (Å²) in [6, 6.07) is 13.8. The first-order valence-corrected chi connectivity index (χ1v) is 11.6. The molecule has 1 heterocycles. The molecule has 1 amide bonds. The maximum Gasteiger partial charge on any atom is 0.335 e. The molecule has 0 atom stereocenters. The Kier molecular flexibility index (Phi) is 6.71. The van der Waals surface area contributed by atoms with Crippen LogP contribution in [0.3, 0.4) is 0 Å². The Morgan fingerprint density at radius 2 is 1.84 bits per heavy atom. The van der Waals surface area contributed by atoms with Crippen molar-refractivity contribution in [2.45, 2.75) is 30.9 Å². The molecule has 0 aliphatic heterocycles. The van der Waals surface area contributed by atoms with E-state index in [0.717, 1.165) is 16.9 Å². The largest absolute Gasteiger partial charge is 0.478 e. The average Bonchev–Trinajstić information content (AvgIpc) is 3.07. The zero-order valence-electron chi connectivity index (χ0n) is 16.9. The summed E-state index contributed by atoms with van der Waals surface area (Å²) < 4.78 is 28.2. The predicted octanol–water partition coefficient (Wildman–Crippen LogP) is 3.69. The van der Waals surface area contributed by atoms with Crippen molar-refractivity contribution in [1.82, 2.24) is 4.98 Å². The third kappa shape index (κ3) is 5.68. The first kappa shape index (κ1) is 22.4. The van der Waals surface area contributed by atoms with E-state index in [4.69, 9.17) is 0 Å². The number of anilines is 2. The number of carboxylic acids is 1. The molecule has 3 aromatic rings. The summed E-state index contributed by atoms with van der Waals surface area (Å²) >= 11 is 0.881. The SMILES string of the molecule is CC(=O)Nc1nc(C)c(S(=O)(=O)Nc2cccc(CCc3ccccc3C(=O)O)c2)s1. The highest BCUT2D eigenvalue weighted by Crippen LogP contribution is 2.29. The van der Waals surface area contributed by atoms with Gasteiger partial charge in [-0.25, -0.2) is 18.2 Å². The molecule has 0 aliphatic carbocycles. The normalized spacial score (nSPS) is 11.2. The molecule has 0 aliphatic rings. The number of amides is 1. The third-order valence-corrected chi connectivity index (χ3v) is 7.45. The Labute approximate surface area is 184 Å². The van der Waals surface area contributed by atoms with Crippen LogP contribution >= 0.6 is 11.3 Å².